The van der Waals surface area contributed by atoms with E-state index in [0.717, 1.165) is 0 Å². The molecule has 1 radical (unpaired) electrons. The van der Waals surface area contributed by atoms with E-state index < -0.39 is 6.43 Å². The Balaban J connectivity index is 2.83. The predicted octanol–water partition coefficient (Wildman–Crippen LogP) is 1.13. The molecule has 0 atom stereocenters. The normalized spacial score (nSPS) is 8.60. The van der Waals surface area contributed by atoms with Crippen molar-refractivity contribution in [2.75, 3.05) is 0 Å². The molecular weight excluding hydrogens is 94.1 g/mol. The van der Waals surface area contributed by atoms with Crippen molar-refractivity contribution in [3.05, 3.63) is 0 Å². The van der Waals surface area contributed by atoms with Gasteiger partial charge in [0.05, 0.1) is 0 Å². The molecule has 0 fully saturated rings. The molecule has 29 valence electrons. The van der Waals surface area contributed by atoms with Crippen LogP contribution in [0.15, 0.2) is 0 Å². The minimum Gasteiger partial charge on any atom is -0.204 e. The highest BCUT2D eigenvalue weighted by Crippen LogP contribution is 1.82. The average molecular weight is 95.1 g/mol. The summed E-state index contributed by atoms with van der Waals surface area (Å²) in [5.74, 6) is 0. The van der Waals surface area contributed by atoms with Crippen LogP contribution in [0, 0.1) is 0 Å². The molecule has 0 spiro atoms. The Bertz CT molecular complexity index is 34.6. The monoisotopic (exact) mass is 95.0 g/mol. The van der Waals surface area contributed by atoms with Crippen molar-refractivity contribution in [3.63, 3.8) is 0 Å². The van der Waals surface area contributed by atoms with Gasteiger partial charge in [-0.05, 0) is 0 Å². The number of halogens is 2. The van der Waals surface area contributed by atoms with Gasteiger partial charge in [-0.25, -0.2) is 8.78 Å². The molecule has 0 saturated heterocycles. The third-order valence-electron chi connectivity index (χ3n) is 0.0891. The molecule has 0 nitrogen and oxygen atoms in total. The zero-order valence-electron chi connectivity index (χ0n) is 2.24. The van der Waals surface area contributed by atoms with Crippen molar-refractivity contribution in [1.82, 2.24) is 0 Å². The second-order valence-corrected chi connectivity index (χ2v) is 0.654. The molecule has 0 N–H and O–H groups in total. The highest BCUT2D eigenvalue weighted by atomic mass is 32.1. The molecule has 0 aliphatic heterocycles. The number of thiocarbonyl (C=S) groups is 1. The van der Waals surface area contributed by atoms with Crippen molar-refractivity contribution in [3.8, 4) is 0 Å². The van der Waals surface area contributed by atoms with Gasteiger partial charge < -0.3 is 0 Å². The van der Waals surface area contributed by atoms with Gasteiger partial charge in [0.2, 0.25) is 0 Å². The van der Waals surface area contributed by atoms with E-state index in [-0.39, 0.29) is 0 Å². The van der Waals surface area contributed by atoms with Crippen LogP contribution in [0.5, 0.6) is 0 Å². The average Bonchev–Trinajstić information content (AvgIpc) is 1.38. The van der Waals surface area contributed by atoms with Gasteiger partial charge in [0, 0.05) is 0 Å². The van der Waals surface area contributed by atoms with Crippen LogP contribution in [0.4, 0.5) is 8.78 Å². The molecule has 0 rings (SSSR count). The third-order valence-corrected chi connectivity index (χ3v) is 0.267. The first-order chi connectivity index (χ1) is 2.27. The molecule has 0 aromatic rings. The molecule has 5 heavy (non-hydrogen) atoms. The first-order valence-corrected chi connectivity index (χ1v) is 1.34. The molecule has 0 aliphatic rings. The van der Waals surface area contributed by atoms with E-state index in [9.17, 15) is 8.78 Å². The van der Waals surface area contributed by atoms with Crippen LogP contribution < -0.4 is 0 Å². The summed E-state index contributed by atoms with van der Waals surface area (Å²) in [6.07, 6.45) is -2.55. The van der Waals surface area contributed by atoms with Crippen LogP contribution >= 0.6 is 12.2 Å². The van der Waals surface area contributed by atoms with Gasteiger partial charge in [0.15, 0.2) is 0 Å². The van der Waals surface area contributed by atoms with E-state index in [1.807, 2.05) is 0 Å². The molecule has 0 saturated carbocycles. The molecule has 0 aromatic heterocycles. The van der Waals surface area contributed by atoms with E-state index in [0.29, 0.717) is 0 Å². The van der Waals surface area contributed by atoms with Gasteiger partial charge in [-0.2, -0.15) is 0 Å². The number of hydrogen-bond acceptors (Lipinski definition) is 1. The third kappa shape index (κ3) is 3.95. The summed E-state index contributed by atoms with van der Waals surface area (Å²) < 4.78 is 21.1. The van der Waals surface area contributed by atoms with Crippen molar-refractivity contribution < 1.29 is 8.78 Å². The largest absolute Gasteiger partial charge is 0.274 e. The summed E-state index contributed by atoms with van der Waals surface area (Å²) in [4.78, 5) is 0. The fourth-order valence-corrected chi connectivity index (χ4v) is 0. The van der Waals surface area contributed by atoms with Crippen LogP contribution in [0.2, 0.25) is 0 Å². The van der Waals surface area contributed by atoms with Gasteiger partial charge in [-0.3, -0.25) is 0 Å². The number of alkyl halides is 2. The molecular formula is C2HF2S. The van der Waals surface area contributed by atoms with Crippen LogP contribution in [0.25, 0.3) is 0 Å². The summed E-state index contributed by atoms with van der Waals surface area (Å²) in [6, 6.07) is 0. The second kappa shape index (κ2) is 2.20. The Morgan fingerprint density at radius 2 is 1.80 bits per heavy atom. The summed E-state index contributed by atoms with van der Waals surface area (Å²) >= 11 is 3.68. The zero-order chi connectivity index (χ0) is 4.28. The molecule has 0 aliphatic carbocycles. The van der Waals surface area contributed by atoms with Gasteiger partial charge in [-0.1, -0.05) is 12.2 Å². The molecule has 0 bridgehead atoms. The smallest absolute Gasteiger partial charge is 0.204 e. The van der Waals surface area contributed by atoms with Gasteiger partial charge >= 0.3 is 0 Å². The van der Waals surface area contributed by atoms with Crippen LogP contribution in [-0.4, -0.2) is 11.8 Å². The highest BCUT2D eigenvalue weighted by molar-refractivity contribution is 7.79. The summed E-state index contributed by atoms with van der Waals surface area (Å²) in [7, 11) is 0. The standard InChI is InChI=1S/C2HF2S/c3-2(4)1-5/h2H. The van der Waals surface area contributed by atoms with Crippen LogP contribution in [0.3, 0.4) is 0 Å². The molecule has 0 aromatic carbocycles. The summed E-state index contributed by atoms with van der Waals surface area (Å²) in [6.45, 7) is 0. The number of hydrogen-bond donors (Lipinski definition) is 0. The SMILES string of the molecule is FC(F)[C]=S. The van der Waals surface area contributed by atoms with E-state index in [1.54, 1.807) is 0 Å². The van der Waals surface area contributed by atoms with E-state index in [1.165, 1.54) is 5.37 Å². The maximum atomic E-state index is 10.5. The Morgan fingerprint density at radius 3 is 1.80 bits per heavy atom. The van der Waals surface area contributed by atoms with Gasteiger partial charge in [0.25, 0.3) is 6.43 Å². The van der Waals surface area contributed by atoms with Gasteiger partial charge in [-0.15, -0.1) is 0 Å². The second-order valence-electron chi connectivity index (χ2n) is 0.419. The van der Waals surface area contributed by atoms with E-state index in [4.69, 9.17) is 0 Å². The lowest BCUT2D eigenvalue weighted by Crippen LogP contribution is -1.83. The summed E-state index contributed by atoms with van der Waals surface area (Å²) in [5, 5.41) is 1.28. The van der Waals surface area contributed by atoms with Gasteiger partial charge in [0.1, 0.15) is 5.37 Å². The fourth-order valence-electron chi connectivity index (χ4n) is 0. The highest BCUT2D eigenvalue weighted by Gasteiger charge is 1.89. The maximum Gasteiger partial charge on any atom is 0.274 e. The zero-order valence-corrected chi connectivity index (χ0v) is 3.06. The van der Waals surface area contributed by atoms with Crippen molar-refractivity contribution >= 4 is 17.6 Å². The van der Waals surface area contributed by atoms with E-state index >= 15 is 0 Å². The quantitative estimate of drug-likeness (QED) is 0.440. The van der Waals surface area contributed by atoms with E-state index in [2.05, 4.69) is 12.2 Å². The minimum atomic E-state index is -2.55. The van der Waals surface area contributed by atoms with Crippen LogP contribution in [-0.2, 0) is 0 Å². The lowest BCUT2D eigenvalue weighted by molar-refractivity contribution is 0.234. The lowest BCUT2D eigenvalue weighted by Gasteiger charge is -1.71. The predicted molar refractivity (Wildman–Crippen MR) is 18.6 cm³/mol. The molecule has 3 heteroatoms. The number of rotatable bonds is 1. The van der Waals surface area contributed by atoms with Crippen molar-refractivity contribution in [2.24, 2.45) is 0 Å². The molecule has 0 heterocycles. The summed E-state index contributed by atoms with van der Waals surface area (Å²) in [5.41, 5.74) is 0. The van der Waals surface area contributed by atoms with Crippen molar-refractivity contribution in [1.29, 1.82) is 0 Å². The Kier molecular flexibility index (Phi) is 2.18. The first kappa shape index (κ1) is 4.95. The lowest BCUT2D eigenvalue weighted by atomic mass is 10.9. The maximum absolute atomic E-state index is 10.5. The minimum absolute atomic E-state index is 1.28. The fraction of sp³-hybridized carbons (Fsp3) is 0.500. The topological polar surface area (TPSA) is 0 Å². The Hall–Kier alpha value is -0.0500. The Labute approximate surface area is 33.8 Å². The van der Waals surface area contributed by atoms with Crippen molar-refractivity contribution in [2.45, 2.75) is 6.43 Å². The first-order valence-electron chi connectivity index (χ1n) is 0.929. The molecule has 0 amide bonds. The molecule has 0 unspecified atom stereocenters. The Morgan fingerprint density at radius 1 is 1.60 bits per heavy atom. The van der Waals surface area contributed by atoms with Crippen LogP contribution in [0.1, 0.15) is 0 Å².